The van der Waals surface area contributed by atoms with Crippen molar-refractivity contribution in [3.63, 3.8) is 0 Å². The van der Waals surface area contributed by atoms with Crippen LogP contribution in [0.4, 0.5) is 0 Å². The van der Waals surface area contributed by atoms with Crippen LogP contribution in [0.2, 0.25) is 0 Å². The number of rotatable bonds is 4. The van der Waals surface area contributed by atoms with Crippen molar-refractivity contribution in [3.8, 4) is 0 Å². The Morgan fingerprint density at radius 2 is 1.94 bits per heavy atom. The van der Waals surface area contributed by atoms with Crippen LogP contribution in [0.5, 0.6) is 0 Å². The van der Waals surface area contributed by atoms with Gasteiger partial charge in [-0.3, -0.25) is 4.79 Å². The van der Waals surface area contributed by atoms with Crippen molar-refractivity contribution in [1.82, 2.24) is 10.6 Å². The molecule has 3 nitrogen and oxygen atoms in total. The lowest BCUT2D eigenvalue weighted by Gasteiger charge is -2.27. The van der Waals surface area contributed by atoms with Crippen LogP contribution in [-0.4, -0.2) is 24.0 Å². The lowest BCUT2D eigenvalue weighted by atomic mass is 10.0. The fraction of sp³-hybridized carbons (Fsp3) is 0.929. The normalized spacial score (nSPS) is 26.4. The maximum absolute atomic E-state index is 12.1. The van der Waals surface area contributed by atoms with Crippen molar-refractivity contribution in [3.05, 3.63) is 0 Å². The quantitative estimate of drug-likeness (QED) is 0.741. The molecule has 3 heteroatoms. The Morgan fingerprint density at radius 1 is 1.24 bits per heavy atom. The predicted octanol–water partition coefficient (Wildman–Crippen LogP) is 2.46. The summed E-state index contributed by atoms with van der Waals surface area (Å²) in [5.74, 6) is 0.956. The van der Waals surface area contributed by atoms with E-state index >= 15 is 0 Å². The highest BCUT2D eigenvalue weighted by molar-refractivity contribution is 5.85. The Morgan fingerprint density at radius 3 is 2.59 bits per heavy atom. The highest BCUT2D eigenvalue weighted by Gasteiger charge is 2.28. The summed E-state index contributed by atoms with van der Waals surface area (Å²) in [6, 6.07) is 0.380. The van der Waals surface area contributed by atoms with Gasteiger partial charge in [-0.2, -0.15) is 0 Å². The van der Waals surface area contributed by atoms with E-state index in [1.807, 2.05) is 20.8 Å². The van der Waals surface area contributed by atoms with Gasteiger partial charge in [0.05, 0.1) is 5.54 Å². The first kappa shape index (κ1) is 14.5. The van der Waals surface area contributed by atoms with Crippen molar-refractivity contribution in [2.75, 3.05) is 6.54 Å². The molecule has 0 radical (unpaired) electrons. The van der Waals surface area contributed by atoms with Crippen molar-refractivity contribution >= 4 is 5.91 Å². The number of carbonyl (C=O) groups excluding carboxylic acids is 1. The number of likely N-dealkylation sites (N-methyl/N-ethyl adjacent to an activating group) is 1. The minimum Gasteiger partial charge on any atom is -0.352 e. The molecule has 17 heavy (non-hydrogen) atoms. The third kappa shape index (κ3) is 4.66. The van der Waals surface area contributed by atoms with E-state index in [1.54, 1.807) is 0 Å². The molecule has 0 saturated heterocycles. The van der Waals surface area contributed by atoms with Gasteiger partial charge in [-0.15, -0.1) is 0 Å². The third-order valence-corrected chi connectivity index (χ3v) is 3.78. The molecule has 0 aliphatic heterocycles. The van der Waals surface area contributed by atoms with Crippen LogP contribution in [0, 0.1) is 5.92 Å². The number of hydrogen-bond acceptors (Lipinski definition) is 2. The van der Waals surface area contributed by atoms with Gasteiger partial charge in [0.2, 0.25) is 5.91 Å². The highest BCUT2D eigenvalue weighted by Crippen LogP contribution is 2.22. The van der Waals surface area contributed by atoms with Crippen molar-refractivity contribution in [1.29, 1.82) is 0 Å². The van der Waals surface area contributed by atoms with Crippen molar-refractivity contribution < 1.29 is 4.79 Å². The number of amides is 1. The Hall–Kier alpha value is -0.570. The topological polar surface area (TPSA) is 41.1 Å². The molecule has 0 bridgehead atoms. The van der Waals surface area contributed by atoms with Crippen LogP contribution >= 0.6 is 0 Å². The minimum atomic E-state index is -0.452. The Balaban J connectivity index is 2.44. The van der Waals surface area contributed by atoms with E-state index in [9.17, 15) is 4.79 Å². The van der Waals surface area contributed by atoms with Crippen molar-refractivity contribution in [2.24, 2.45) is 5.92 Å². The van der Waals surface area contributed by atoms with E-state index in [2.05, 4.69) is 17.6 Å². The highest BCUT2D eigenvalue weighted by atomic mass is 16.2. The molecule has 1 aliphatic carbocycles. The molecule has 1 aliphatic rings. The summed E-state index contributed by atoms with van der Waals surface area (Å²) >= 11 is 0. The van der Waals surface area contributed by atoms with Crippen LogP contribution in [0.25, 0.3) is 0 Å². The molecule has 100 valence electrons. The van der Waals surface area contributed by atoms with E-state index < -0.39 is 5.54 Å². The first-order chi connectivity index (χ1) is 7.95. The van der Waals surface area contributed by atoms with Gasteiger partial charge in [0.15, 0.2) is 0 Å². The second-order valence-electron chi connectivity index (χ2n) is 5.94. The van der Waals surface area contributed by atoms with Gasteiger partial charge in [0.1, 0.15) is 0 Å². The maximum Gasteiger partial charge on any atom is 0.239 e. The Labute approximate surface area is 106 Å². The second kappa shape index (κ2) is 6.39. The van der Waals surface area contributed by atoms with Gasteiger partial charge in [0.25, 0.3) is 0 Å². The Kier molecular flexibility index (Phi) is 5.44. The number of hydrogen-bond donors (Lipinski definition) is 2. The molecule has 1 fully saturated rings. The summed E-state index contributed by atoms with van der Waals surface area (Å²) in [5, 5.41) is 6.43. The molecule has 0 spiro atoms. The lowest BCUT2D eigenvalue weighted by molar-refractivity contribution is -0.127. The van der Waals surface area contributed by atoms with Gasteiger partial charge in [-0.1, -0.05) is 26.7 Å². The van der Waals surface area contributed by atoms with Gasteiger partial charge >= 0.3 is 0 Å². The summed E-state index contributed by atoms with van der Waals surface area (Å²) in [4.78, 5) is 12.1. The van der Waals surface area contributed by atoms with Crippen LogP contribution < -0.4 is 10.6 Å². The maximum atomic E-state index is 12.1. The fourth-order valence-corrected chi connectivity index (χ4v) is 2.52. The molecule has 0 aromatic heterocycles. The Bertz CT molecular complexity index is 251. The standard InChI is InChI=1S/C14H28N2O/c1-5-15-14(3,4)13(17)16-12-8-6-7-11(2)9-10-12/h11-12,15H,5-10H2,1-4H3,(H,16,17). The average molecular weight is 240 g/mol. The molecule has 1 rings (SSSR count). The van der Waals surface area contributed by atoms with Crippen LogP contribution in [-0.2, 0) is 4.79 Å². The molecule has 0 heterocycles. The zero-order chi connectivity index (χ0) is 12.9. The van der Waals surface area contributed by atoms with E-state index in [-0.39, 0.29) is 5.91 Å². The van der Waals surface area contributed by atoms with Gasteiger partial charge in [-0.25, -0.2) is 0 Å². The van der Waals surface area contributed by atoms with Crippen molar-refractivity contribution in [2.45, 2.75) is 71.4 Å². The van der Waals surface area contributed by atoms with E-state index in [0.717, 1.165) is 25.3 Å². The summed E-state index contributed by atoms with van der Waals surface area (Å²) < 4.78 is 0. The first-order valence-electron chi connectivity index (χ1n) is 7.01. The lowest BCUT2D eigenvalue weighted by Crippen LogP contribution is -2.54. The molecular weight excluding hydrogens is 212 g/mol. The summed E-state index contributed by atoms with van der Waals surface area (Å²) in [6.45, 7) is 9.06. The molecular formula is C14H28N2O. The first-order valence-corrected chi connectivity index (χ1v) is 7.01. The number of nitrogens with one attached hydrogen (secondary N) is 2. The van der Waals surface area contributed by atoms with Crippen LogP contribution in [0.3, 0.4) is 0 Å². The van der Waals surface area contributed by atoms with Crippen LogP contribution in [0.15, 0.2) is 0 Å². The van der Waals surface area contributed by atoms with Crippen LogP contribution in [0.1, 0.15) is 59.8 Å². The van der Waals surface area contributed by atoms with Gasteiger partial charge < -0.3 is 10.6 Å². The average Bonchev–Trinajstić information content (AvgIpc) is 2.43. The molecule has 0 aromatic carbocycles. The fourth-order valence-electron chi connectivity index (χ4n) is 2.52. The largest absolute Gasteiger partial charge is 0.352 e. The molecule has 0 aromatic rings. The monoisotopic (exact) mass is 240 g/mol. The zero-order valence-electron chi connectivity index (χ0n) is 11.8. The summed E-state index contributed by atoms with van der Waals surface area (Å²) in [7, 11) is 0. The second-order valence-corrected chi connectivity index (χ2v) is 5.94. The van der Waals surface area contributed by atoms with Gasteiger partial charge in [-0.05, 0) is 45.6 Å². The predicted molar refractivity (Wildman–Crippen MR) is 71.9 cm³/mol. The smallest absolute Gasteiger partial charge is 0.239 e. The molecule has 1 amide bonds. The molecule has 2 unspecified atom stereocenters. The number of carbonyl (C=O) groups is 1. The summed E-state index contributed by atoms with van der Waals surface area (Å²) in [5.41, 5.74) is -0.452. The molecule has 1 saturated carbocycles. The van der Waals surface area contributed by atoms with E-state index in [0.29, 0.717) is 6.04 Å². The van der Waals surface area contributed by atoms with Gasteiger partial charge in [0, 0.05) is 6.04 Å². The third-order valence-electron chi connectivity index (χ3n) is 3.78. The molecule has 2 atom stereocenters. The SMILES string of the molecule is CCNC(C)(C)C(=O)NC1CCCC(C)CC1. The minimum absolute atomic E-state index is 0.138. The zero-order valence-corrected chi connectivity index (χ0v) is 11.8. The van der Waals surface area contributed by atoms with E-state index in [4.69, 9.17) is 0 Å². The summed E-state index contributed by atoms with van der Waals surface area (Å²) in [6.07, 6.45) is 6.07. The molecule has 2 N–H and O–H groups in total. The van der Waals surface area contributed by atoms with E-state index in [1.165, 1.54) is 19.3 Å².